The van der Waals surface area contributed by atoms with Gasteiger partial charge in [-0.25, -0.2) is 0 Å². The van der Waals surface area contributed by atoms with Crippen LogP contribution in [0.2, 0.25) is 0 Å². The van der Waals surface area contributed by atoms with Crippen LogP contribution in [-0.2, 0) is 10.9 Å². The second kappa shape index (κ2) is 6.77. The van der Waals surface area contributed by atoms with Gasteiger partial charge in [0.25, 0.3) is 0 Å². The summed E-state index contributed by atoms with van der Waals surface area (Å²) in [7, 11) is 0. The Morgan fingerprint density at radius 3 is 2.71 bits per heavy atom. The Morgan fingerprint density at radius 2 is 2.10 bits per heavy atom. The fourth-order valence-corrected chi connectivity index (χ4v) is 2.42. The molecule has 0 aromatic heterocycles. The van der Waals surface area contributed by atoms with Gasteiger partial charge in [-0.15, -0.1) is 0 Å². The summed E-state index contributed by atoms with van der Waals surface area (Å²) in [4.78, 5) is 0. The summed E-state index contributed by atoms with van der Waals surface area (Å²) in [6.07, 6.45) is -3.31. The van der Waals surface area contributed by atoms with E-state index in [4.69, 9.17) is 4.74 Å². The Labute approximate surface area is 122 Å². The molecule has 6 heteroatoms. The monoisotopic (exact) mass is 303 g/mol. The number of nitrogens with one attached hydrogen (secondary N) is 1. The van der Waals surface area contributed by atoms with Crippen LogP contribution in [-0.4, -0.2) is 30.4 Å². The summed E-state index contributed by atoms with van der Waals surface area (Å²) in [6.45, 7) is 2.87. The van der Waals surface area contributed by atoms with Gasteiger partial charge in [-0.3, -0.25) is 0 Å². The Bertz CT molecular complexity index is 458. The van der Waals surface area contributed by atoms with Crippen molar-refractivity contribution in [1.82, 2.24) is 5.32 Å². The third-order valence-corrected chi connectivity index (χ3v) is 3.70. The molecule has 1 aliphatic rings. The van der Waals surface area contributed by atoms with Crippen LogP contribution in [0, 0.1) is 0 Å². The summed E-state index contributed by atoms with van der Waals surface area (Å²) in [5.41, 5.74) is -0.461. The zero-order chi connectivity index (χ0) is 15.5. The lowest BCUT2D eigenvalue weighted by molar-refractivity contribution is -0.137. The molecule has 2 rings (SSSR count). The lowest BCUT2D eigenvalue weighted by Gasteiger charge is -2.36. The maximum atomic E-state index is 12.6. The van der Waals surface area contributed by atoms with Gasteiger partial charge in [0.2, 0.25) is 0 Å². The second-order valence-corrected chi connectivity index (χ2v) is 5.29. The molecule has 0 spiro atoms. The molecule has 2 N–H and O–H groups in total. The van der Waals surface area contributed by atoms with Crippen molar-refractivity contribution >= 4 is 0 Å². The zero-order valence-electron chi connectivity index (χ0n) is 11.9. The maximum Gasteiger partial charge on any atom is 0.416 e. The molecule has 1 fully saturated rings. The van der Waals surface area contributed by atoms with Gasteiger partial charge in [-0.1, -0.05) is 12.1 Å². The molecule has 21 heavy (non-hydrogen) atoms. The molecule has 1 aliphatic carbocycles. The van der Waals surface area contributed by atoms with Crippen LogP contribution >= 0.6 is 0 Å². The van der Waals surface area contributed by atoms with E-state index in [1.165, 1.54) is 12.1 Å². The van der Waals surface area contributed by atoms with E-state index in [1.807, 2.05) is 6.92 Å². The second-order valence-electron chi connectivity index (χ2n) is 5.29. The summed E-state index contributed by atoms with van der Waals surface area (Å²) in [5.74, 6) is 0. The number of ether oxygens (including phenoxy) is 1. The van der Waals surface area contributed by atoms with Crippen molar-refractivity contribution in [2.24, 2.45) is 0 Å². The number of benzene rings is 1. The largest absolute Gasteiger partial charge is 0.416 e. The minimum Gasteiger partial charge on any atom is -0.387 e. The molecule has 118 valence electrons. The highest BCUT2D eigenvalue weighted by atomic mass is 19.4. The number of aliphatic hydroxyl groups excluding tert-OH is 1. The van der Waals surface area contributed by atoms with E-state index >= 15 is 0 Å². The Hall–Kier alpha value is -1.11. The Morgan fingerprint density at radius 1 is 1.38 bits per heavy atom. The minimum absolute atomic E-state index is 0.241. The van der Waals surface area contributed by atoms with Crippen LogP contribution in [0.1, 0.15) is 37.0 Å². The van der Waals surface area contributed by atoms with E-state index in [-0.39, 0.29) is 24.3 Å². The first-order chi connectivity index (χ1) is 9.90. The van der Waals surface area contributed by atoms with Crippen molar-refractivity contribution in [1.29, 1.82) is 0 Å². The summed E-state index contributed by atoms with van der Waals surface area (Å²) < 4.78 is 43.3. The van der Waals surface area contributed by atoms with Crippen molar-refractivity contribution in [3.8, 4) is 0 Å². The van der Waals surface area contributed by atoms with E-state index in [0.29, 0.717) is 6.61 Å². The van der Waals surface area contributed by atoms with Gasteiger partial charge in [-0.05, 0) is 37.5 Å². The normalized spacial score (nSPS) is 23.7. The van der Waals surface area contributed by atoms with Gasteiger partial charge < -0.3 is 15.2 Å². The molecule has 1 unspecified atom stereocenters. The molecule has 1 aromatic rings. The summed E-state index contributed by atoms with van der Waals surface area (Å²) in [6, 6.07) is 5.08. The van der Waals surface area contributed by atoms with Crippen molar-refractivity contribution in [3.05, 3.63) is 35.4 Å². The fourth-order valence-electron chi connectivity index (χ4n) is 2.42. The first-order valence-corrected chi connectivity index (χ1v) is 7.10. The first-order valence-electron chi connectivity index (χ1n) is 7.10. The van der Waals surface area contributed by atoms with Crippen LogP contribution in [0.3, 0.4) is 0 Å². The van der Waals surface area contributed by atoms with Crippen molar-refractivity contribution < 1.29 is 23.0 Å². The number of hydrogen-bond donors (Lipinski definition) is 2. The van der Waals surface area contributed by atoms with Crippen molar-refractivity contribution in [2.45, 2.75) is 44.2 Å². The quantitative estimate of drug-likeness (QED) is 0.849. The van der Waals surface area contributed by atoms with Gasteiger partial charge in [0, 0.05) is 19.2 Å². The molecule has 0 heterocycles. The third kappa shape index (κ3) is 4.43. The van der Waals surface area contributed by atoms with Gasteiger partial charge in [-0.2, -0.15) is 13.2 Å². The molecule has 1 atom stereocenters. The topological polar surface area (TPSA) is 41.5 Å². The smallest absolute Gasteiger partial charge is 0.387 e. The number of alkyl halides is 3. The van der Waals surface area contributed by atoms with E-state index in [2.05, 4.69) is 5.32 Å². The SMILES string of the molecule is CCOC1CC(NCC(O)c2cccc(C(F)(F)F)c2)C1. The van der Waals surface area contributed by atoms with Gasteiger partial charge in [0.1, 0.15) is 0 Å². The number of aliphatic hydroxyl groups is 1. The molecule has 0 saturated heterocycles. The molecule has 0 bridgehead atoms. The summed E-state index contributed by atoms with van der Waals surface area (Å²) in [5, 5.41) is 13.1. The van der Waals surface area contributed by atoms with Gasteiger partial charge in [0.15, 0.2) is 0 Å². The maximum absolute atomic E-state index is 12.6. The molecule has 3 nitrogen and oxygen atoms in total. The molecule has 0 radical (unpaired) electrons. The highest BCUT2D eigenvalue weighted by Crippen LogP contribution is 2.31. The molecule has 1 aromatic carbocycles. The van der Waals surface area contributed by atoms with Gasteiger partial charge >= 0.3 is 6.18 Å². The molecular weight excluding hydrogens is 283 g/mol. The van der Waals surface area contributed by atoms with E-state index < -0.39 is 17.8 Å². The molecule has 0 aliphatic heterocycles. The average molecular weight is 303 g/mol. The average Bonchev–Trinajstić information content (AvgIpc) is 2.40. The molecular formula is C15H20F3NO2. The first kappa shape index (κ1) is 16.3. The molecule has 0 amide bonds. The van der Waals surface area contributed by atoms with Crippen molar-refractivity contribution in [3.63, 3.8) is 0 Å². The lowest BCUT2D eigenvalue weighted by Crippen LogP contribution is -2.46. The Kier molecular flexibility index (Phi) is 5.24. The minimum atomic E-state index is -4.39. The Balaban J connectivity index is 1.83. The summed E-state index contributed by atoms with van der Waals surface area (Å²) >= 11 is 0. The van der Waals surface area contributed by atoms with Crippen LogP contribution < -0.4 is 5.32 Å². The van der Waals surface area contributed by atoms with Crippen LogP contribution in [0.5, 0.6) is 0 Å². The van der Waals surface area contributed by atoms with E-state index in [9.17, 15) is 18.3 Å². The zero-order valence-corrected chi connectivity index (χ0v) is 11.9. The standard InChI is InChI=1S/C15H20F3NO2/c1-2-21-13-7-12(8-13)19-9-14(20)10-4-3-5-11(6-10)15(16,17)18/h3-6,12-14,19-20H,2,7-9H2,1H3. The predicted octanol–water partition coefficient (Wildman–Crippen LogP) is 2.90. The number of rotatable bonds is 6. The third-order valence-electron chi connectivity index (χ3n) is 3.70. The van der Waals surface area contributed by atoms with Crippen LogP contribution in [0.25, 0.3) is 0 Å². The number of halogens is 3. The predicted molar refractivity (Wildman–Crippen MR) is 72.8 cm³/mol. The van der Waals surface area contributed by atoms with Crippen molar-refractivity contribution in [2.75, 3.05) is 13.2 Å². The highest BCUT2D eigenvalue weighted by Gasteiger charge is 2.31. The lowest BCUT2D eigenvalue weighted by atomic mass is 9.89. The van der Waals surface area contributed by atoms with Crippen LogP contribution in [0.15, 0.2) is 24.3 Å². The number of hydrogen-bond acceptors (Lipinski definition) is 3. The van der Waals surface area contributed by atoms with E-state index in [1.54, 1.807) is 0 Å². The fraction of sp³-hybridized carbons (Fsp3) is 0.600. The van der Waals surface area contributed by atoms with Gasteiger partial charge in [0.05, 0.1) is 17.8 Å². The molecule has 1 saturated carbocycles. The highest BCUT2D eigenvalue weighted by molar-refractivity contribution is 5.27. The van der Waals surface area contributed by atoms with E-state index in [0.717, 1.165) is 25.0 Å². The van der Waals surface area contributed by atoms with Crippen LogP contribution in [0.4, 0.5) is 13.2 Å².